The first kappa shape index (κ1) is 17.3. The minimum Gasteiger partial charge on any atom is -0.450 e. The summed E-state index contributed by atoms with van der Waals surface area (Å²) in [7, 11) is 0. The summed E-state index contributed by atoms with van der Waals surface area (Å²) in [5.41, 5.74) is 0.568. The van der Waals surface area contributed by atoms with Gasteiger partial charge >= 0.3 is 5.97 Å². The molecule has 5 nitrogen and oxygen atoms in total. The van der Waals surface area contributed by atoms with Crippen molar-refractivity contribution in [2.24, 2.45) is 0 Å². The van der Waals surface area contributed by atoms with Crippen LogP contribution >= 0.6 is 27.5 Å². The van der Waals surface area contributed by atoms with E-state index in [0.717, 1.165) is 0 Å². The number of halogens is 2. The number of nitrogens with one attached hydrogen (secondary N) is 1. The number of hydrogen-bond donors (Lipinski definition) is 1. The van der Waals surface area contributed by atoms with Gasteiger partial charge in [0.2, 0.25) is 0 Å². The van der Waals surface area contributed by atoms with Crippen LogP contribution in [-0.4, -0.2) is 18.0 Å². The third kappa shape index (κ3) is 5.58. The van der Waals surface area contributed by atoms with Crippen LogP contribution in [0, 0.1) is 0 Å². The van der Waals surface area contributed by atoms with Gasteiger partial charge in [0, 0.05) is 16.8 Å². The number of esters is 1. The second-order valence-corrected chi connectivity index (χ2v) is 5.77. The average Bonchev–Trinajstić information content (AvgIpc) is 2.93. The van der Waals surface area contributed by atoms with Crippen molar-refractivity contribution in [3.05, 3.63) is 57.9 Å². The van der Waals surface area contributed by atoms with Crippen LogP contribution in [0.25, 0.3) is 6.08 Å². The van der Waals surface area contributed by atoms with E-state index >= 15 is 0 Å². The van der Waals surface area contributed by atoms with Crippen LogP contribution in [-0.2, 0) is 14.3 Å². The normalized spacial score (nSPS) is 12.1. The molecule has 0 bridgehead atoms. The van der Waals surface area contributed by atoms with Gasteiger partial charge in [-0.1, -0.05) is 11.6 Å². The highest BCUT2D eigenvalue weighted by Gasteiger charge is 2.16. The minimum absolute atomic E-state index is 0.435. The van der Waals surface area contributed by atoms with Gasteiger partial charge in [-0.15, -0.1) is 0 Å². The van der Waals surface area contributed by atoms with Gasteiger partial charge in [-0.05, 0) is 65.3 Å². The summed E-state index contributed by atoms with van der Waals surface area (Å²) in [6.07, 6.45) is 1.71. The Labute approximate surface area is 146 Å². The van der Waals surface area contributed by atoms with E-state index in [1.807, 2.05) is 0 Å². The third-order valence-corrected chi connectivity index (χ3v) is 3.43. The number of rotatable bonds is 5. The van der Waals surface area contributed by atoms with Gasteiger partial charge in [-0.3, -0.25) is 4.79 Å². The zero-order valence-electron chi connectivity index (χ0n) is 12.1. The van der Waals surface area contributed by atoms with Crippen molar-refractivity contribution in [1.82, 2.24) is 0 Å². The molecule has 1 atom stereocenters. The highest BCUT2D eigenvalue weighted by atomic mass is 79.9. The summed E-state index contributed by atoms with van der Waals surface area (Å²) in [6.45, 7) is 1.49. The van der Waals surface area contributed by atoms with Crippen LogP contribution in [0.3, 0.4) is 0 Å². The van der Waals surface area contributed by atoms with Gasteiger partial charge < -0.3 is 14.5 Å². The molecular weight excluding hydrogens is 386 g/mol. The fourth-order valence-corrected chi connectivity index (χ4v) is 2.06. The Hall–Kier alpha value is -2.05. The molecular formula is C16H13BrClNO4. The summed E-state index contributed by atoms with van der Waals surface area (Å²) in [5.74, 6) is -0.585. The van der Waals surface area contributed by atoms with Crippen molar-refractivity contribution in [2.75, 3.05) is 5.32 Å². The summed E-state index contributed by atoms with van der Waals surface area (Å²) in [6, 6.07) is 10.0. The van der Waals surface area contributed by atoms with Gasteiger partial charge in [0.25, 0.3) is 5.91 Å². The Kier molecular flexibility index (Phi) is 6.01. The van der Waals surface area contributed by atoms with Gasteiger partial charge in [-0.2, -0.15) is 0 Å². The lowest BCUT2D eigenvalue weighted by atomic mass is 10.3. The second-order valence-electron chi connectivity index (χ2n) is 4.55. The number of carbonyl (C=O) groups is 2. The third-order valence-electron chi connectivity index (χ3n) is 2.75. The maximum atomic E-state index is 11.9. The summed E-state index contributed by atoms with van der Waals surface area (Å²) < 4.78 is 10.8. The highest BCUT2D eigenvalue weighted by Crippen LogP contribution is 2.15. The topological polar surface area (TPSA) is 68.5 Å². The van der Waals surface area contributed by atoms with E-state index in [-0.39, 0.29) is 0 Å². The first-order valence-electron chi connectivity index (χ1n) is 6.64. The molecule has 1 unspecified atom stereocenters. The van der Waals surface area contributed by atoms with Crippen LogP contribution < -0.4 is 5.32 Å². The molecule has 2 aromatic rings. The van der Waals surface area contributed by atoms with Crippen LogP contribution in [0.15, 0.2) is 51.6 Å². The molecule has 1 N–H and O–H groups in total. The van der Waals surface area contributed by atoms with E-state index in [1.54, 1.807) is 36.4 Å². The van der Waals surface area contributed by atoms with Gasteiger partial charge in [0.1, 0.15) is 5.76 Å². The number of benzene rings is 1. The van der Waals surface area contributed by atoms with E-state index in [1.165, 1.54) is 19.1 Å². The number of furan rings is 1. The van der Waals surface area contributed by atoms with Crippen molar-refractivity contribution in [3.63, 3.8) is 0 Å². The van der Waals surface area contributed by atoms with Crippen molar-refractivity contribution < 1.29 is 18.7 Å². The maximum absolute atomic E-state index is 11.9. The summed E-state index contributed by atoms with van der Waals surface area (Å²) in [5, 5.41) is 3.19. The lowest BCUT2D eigenvalue weighted by Crippen LogP contribution is -2.29. The predicted molar refractivity (Wildman–Crippen MR) is 91.1 cm³/mol. The standard InChI is InChI=1S/C16H13BrClNO4/c1-10(16(21)19-12-4-2-11(18)3-5-12)22-15(20)9-7-13-6-8-14(17)23-13/h2-10H,1H3,(H,19,21)/b9-7+. The number of carbonyl (C=O) groups excluding carboxylic acids is 2. The number of anilines is 1. The largest absolute Gasteiger partial charge is 0.450 e. The molecule has 0 fully saturated rings. The fourth-order valence-electron chi connectivity index (χ4n) is 1.61. The monoisotopic (exact) mass is 397 g/mol. The summed E-state index contributed by atoms with van der Waals surface area (Å²) >= 11 is 8.92. The predicted octanol–water partition coefficient (Wildman–Crippen LogP) is 4.28. The molecule has 1 aromatic heterocycles. The Morgan fingerprint density at radius 1 is 1.26 bits per heavy atom. The Balaban J connectivity index is 1.86. The van der Waals surface area contributed by atoms with Crippen LogP contribution in [0.5, 0.6) is 0 Å². The van der Waals surface area contributed by atoms with Crippen LogP contribution in [0.4, 0.5) is 5.69 Å². The molecule has 1 aromatic carbocycles. The molecule has 0 spiro atoms. The van der Waals surface area contributed by atoms with Gasteiger partial charge in [0.15, 0.2) is 10.8 Å². The van der Waals surface area contributed by atoms with Crippen molar-refractivity contribution in [2.45, 2.75) is 13.0 Å². The number of ether oxygens (including phenoxy) is 1. The minimum atomic E-state index is -0.939. The van der Waals surface area contributed by atoms with E-state index in [4.69, 9.17) is 20.8 Å². The number of amides is 1. The molecule has 1 amide bonds. The van der Waals surface area contributed by atoms with Gasteiger partial charge in [-0.25, -0.2) is 4.79 Å². The molecule has 120 valence electrons. The quantitative estimate of drug-likeness (QED) is 0.603. The molecule has 23 heavy (non-hydrogen) atoms. The average molecular weight is 399 g/mol. The smallest absolute Gasteiger partial charge is 0.331 e. The Morgan fingerprint density at radius 2 is 1.96 bits per heavy atom. The van der Waals surface area contributed by atoms with E-state index in [9.17, 15) is 9.59 Å². The zero-order chi connectivity index (χ0) is 16.8. The molecule has 1 heterocycles. The fraction of sp³-hybridized carbons (Fsp3) is 0.125. The lowest BCUT2D eigenvalue weighted by Gasteiger charge is -2.12. The molecule has 0 aliphatic rings. The first-order chi connectivity index (χ1) is 10.9. The molecule has 2 rings (SSSR count). The van der Waals surface area contributed by atoms with E-state index in [2.05, 4.69) is 21.2 Å². The molecule has 0 saturated heterocycles. The molecule has 0 radical (unpaired) electrons. The van der Waals surface area contributed by atoms with E-state index < -0.39 is 18.0 Å². The molecule has 7 heteroatoms. The van der Waals surface area contributed by atoms with E-state index in [0.29, 0.717) is 21.1 Å². The molecule has 0 saturated carbocycles. The maximum Gasteiger partial charge on any atom is 0.331 e. The lowest BCUT2D eigenvalue weighted by molar-refractivity contribution is -0.148. The Morgan fingerprint density at radius 3 is 2.57 bits per heavy atom. The van der Waals surface area contributed by atoms with Gasteiger partial charge in [0.05, 0.1) is 0 Å². The SMILES string of the molecule is CC(OC(=O)/C=C/c1ccc(Br)o1)C(=O)Nc1ccc(Cl)cc1. The molecule has 0 aliphatic carbocycles. The van der Waals surface area contributed by atoms with Crippen LogP contribution in [0.2, 0.25) is 5.02 Å². The van der Waals surface area contributed by atoms with Crippen molar-refractivity contribution >= 4 is 51.2 Å². The zero-order valence-corrected chi connectivity index (χ0v) is 14.4. The first-order valence-corrected chi connectivity index (χ1v) is 7.81. The van der Waals surface area contributed by atoms with Crippen LogP contribution in [0.1, 0.15) is 12.7 Å². The summed E-state index contributed by atoms with van der Waals surface area (Å²) in [4.78, 5) is 23.6. The van der Waals surface area contributed by atoms with Crippen molar-refractivity contribution in [1.29, 1.82) is 0 Å². The number of hydrogen-bond acceptors (Lipinski definition) is 4. The highest BCUT2D eigenvalue weighted by molar-refractivity contribution is 9.10. The molecule has 0 aliphatic heterocycles. The second kappa shape index (κ2) is 7.99. The Bertz CT molecular complexity index is 724. The van der Waals surface area contributed by atoms with Crippen molar-refractivity contribution in [3.8, 4) is 0 Å².